The predicted octanol–water partition coefficient (Wildman–Crippen LogP) is 4.58. The molecule has 0 aliphatic carbocycles. The van der Waals surface area contributed by atoms with Gasteiger partial charge in [-0.1, -0.05) is 6.08 Å². The van der Waals surface area contributed by atoms with E-state index in [2.05, 4.69) is 35.5 Å². The molecule has 1 amide bonds. The van der Waals surface area contributed by atoms with Crippen molar-refractivity contribution in [3.05, 3.63) is 65.3 Å². The first-order valence-corrected chi connectivity index (χ1v) is 11.0. The molecule has 1 aliphatic heterocycles. The van der Waals surface area contributed by atoms with Crippen molar-refractivity contribution in [2.75, 3.05) is 19.4 Å². The molecule has 3 N–H and O–H groups in total. The van der Waals surface area contributed by atoms with Crippen molar-refractivity contribution < 1.29 is 18.3 Å². The number of hydrogen-bond donors (Lipinski definition) is 3. The number of allylic oxidation sites excluding steroid dienone is 1. The molecule has 0 bridgehead atoms. The van der Waals surface area contributed by atoms with Crippen molar-refractivity contribution in [3.63, 3.8) is 0 Å². The summed E-state index contributed by atoms with van der Waals surface area (Å²) in [6.07, 6.45) is 7.47. The number of carbonyl (C=O) groups is 1. The van der Waals surface area contributed by atoms with Gasteiger partial charge in [0.05, 0.1) is 17.3 Å². The number of rotatable bonds is 6. The number of aliphatic imine (C=N–C) groups is 1. The molecule has 0 radical (unpaired) electrons. The van der Waals surface area contributed by atoms with Gasteiger partial charge >= 0.3 is 0 Å². The highest BCUT2D eigenvalue weighted by molar-refractivity contribution is 6.01. The maximum absolute atomic E-state index is 15.2. The minimum Gasteiger partial charge on any atom is -0.435 e. The zero-order chi connectivity index (χ0) is 25.4. The van der Waals surface area contributed by atoms with Gasteiger partial charge < -0.3 is 19.9 Å². The number of benzene rings is 1. The van der Waals surface area contributed by atoms with Gasteiger partial charge in [0, 0.05) is 43.5 Å². The lowest BCUT2D eigenvalue weighted by Gasteiger charge is -2.17. The minimum atomic E-state index is -0.786. The van der Waals surface area contributed by atoms with Gasteiger partial charge in [0.2, 0.25) is 5.88 Å². The van der Waals surface area contributed by atoms with E-state index in [-0.39, 0.29) is 34.2 Å². The van der Waals surface area contributed by atoms with E-state index in [4.69, 9.17) is 4.74 Å². The molecule has 0 saturated carbocycles. The lowest BCUT2D eigenvalue weighted by molar-refractivity contribution is 0.0825. The summed E-state index contributed by atoms with van der Waals surface area (Å²) in [7, 11) is 3.08. The second-order valence-electron chi connectivity index (χ2n) is 8.43. The number of nitrogens with zero attached hydrogens (tertiary/aromatic N) is 5. The van der Waals surface area contributed by atoms with E-state index >= 15 is 4.39 Å². The Hall–Kier alpha value is -4.61. The van der Waals surface area contributed by atoms with Gasteiger partial charge in [-0.25, -0.2) is 18.7 Å². The summed E-state index contributed by atoms with van der Waals surface area (Å²) >= 11 is 0. The van der Waals surface area contributed by atoms with Crippen LogP contribution in [0.2, 0.25) is 0 Å². The summed E-state index contributed by atoms with van der Waals surface area (Å²) in [6.45, 7) is 1.69. The number of ether oxygens (including phenoxy) is 1. The van der Waals surface area contributed by atoms with Crippen molar-refractivity contribution >= 4 is 34.7 Å². The van der Waals surface area contributed by atoms with E-state index in [1.54, 1.807) is 33.3 Å². The number of halogens is 2. The Kier molecular flexibility index (Phi) is 5.92. The molecule has 1 aromatic carbocycles. The highest BCUT2D eigenvalue weighted by atomic mass is 19.1. The Balaban J connectivity index is 1.51. The van der Waals surface area contributed by atoms with Crippen molar-refractivity contribution in [1.29, 1.82) is 0 Å². The molecular formula is C24H22F2N8O2. The van der Waals surface area contributed by atoms with Gasteiger partial charge in [0.15, 0.2) is 29.0 Å². The number of aromatic amines is 2. The topological polar surface area (TPSA) is 124 Å². The standard InChI is InChI=1S/C24H22F2N8O2/c1-12-8-13-20(26)17(9-14(25)21(13)30-12)36-23-19(24(35)34(2)3)22(28-11-29-23)31-18-10-16(32-33-18)15-6-4-5-7-27-15/h4-5,7-11,15,30H,6H2,1-3H3,(H2,28,29,31,32,33). The Morgan fingerprint density at radius 1 is 1.22 bits per heavy atom. The third-order valence-electron chi connectivity index (χ3n) is 5.59. The fourth-order valence-corrected chi connectivity index (χ4v) is 3.85. The summed E-state index contributed by atoms with van der Waals surface area (Å²) < 4.78 is 35.5. The van der Waals surface area contributed by atoms with E-state index in [1.165, 1.54) is 11.0 Å². The second-order valence-corrected chi connectivity index (χ2v) is 8.43. The van der Waals surface area contributed by atoms with Crippen LogP contribution in [0.15, 0.2) is 41.7 Å². The summed E-state index contributed by atoms with van der Waals surface area (Å²) in [6, 6.07) is 4.03. The maximum atomic E-state index is 15.2. The smallest absolute Gasteiger partial charge is 0.262 e. The number of carbonyl (C=O) groups excluding carboxylic acids is 1. The molecule has 5 rings (SSSR count). The molecule has 4 aromatic rings. The molecule has 184 valence electrons. The number of amides is 1. The van der Waals surface area contributed by atoms with Crippen LogP contribution < -0.4 is 10.1 Å². The highest BCUT2D eigenvalue weighted by Gasteiger charge is 2.26. The van der Waals surface area contributed by atoms with Crippen LogP contribution in [-0.2, 0) is 0 Å². The lowest BCUT2D eigenvalue weighted by Crippen LogP contribution is -2.24. The Bertz CT molecular complexity index is 1520. The van der Waals surface area contributed by atoms with Gasteiger partial charge in [-0.15, -0.1) is 0 Å². The number of hydrogen-bond acceptors (Lipinski definition) is 7. The number of nitrogens with one attached hydrogen (secondary N) is 3. The van der Waals surface area contributed by atoms with Crippen LogP contribution in [0.4, 0.5) is 20.4 Å². The lowest BCUT2D eigenvalue weighted by atomic mass is 10.1. The molecule has 10 nitrogen and oxygen atoms in total. The third kappa shape index (κ3) is 4.28. The molecule has 0 fully saturated rings. The Labute approximate surface area is 204 Å². The van der Waals surface area contributed by atoms with Crippen molar-refractivity contribution in [2.24, 2.45) is 4.99 Å². The van der Waals surface area contributed by atoms with Gasteiger partial charge in [0.1, 0.15) is 11.9 Å². The second kappa shape index (κ2) is 9.21. The van der Waals surface area contributed by atoms with Gasteiger partial charge in [-0.05, 0) is 25.5 Å². The number of dihydropyridines is 1. The van der Waals surface area contributed by atoms with Crippen LogP contribution in [0.3, 0.4) is 0 Å². The molecule has 1 aliphatic rings. The van der Waals surface area contributed by atoms with Crippen LogP contribution in [0.1, 0.15) is 34.2 Å². The number of anilines is 2. The minimum absolute atomic E-state index is 0.0270. The third-order valence-corrected chi connectivity index (χ3v) is 5.59. The highest BCUT2D eigenvalue weighted by Crippen LogP contribution is 2.35. The average molecular weight is 492 g/mol. The van der Waals surface area contributed by atoms with E-state index in [9.17, 15) is 9.18 Å². The van der Waals surface area contributed by atoms with Gasteiger partial charge in [-0.3, -0.25) is 14.9 Å². The van der Waals surface area contributed by atoms with Crippen molar-refractivity contribution in [3.8, 4) is 11.6 Å². The van der Waals surface area contributed by atoms with Gasteiger partial charge in [0.25, 0.3) is 5.91 Å². The molecule has 12 heteroatoms. The summed E-state index contributed by atoms with van der Waals surface area (Å²) in [5.74, 6) is -2.18. The van der Waals surface area contributed by atoms with E-state index in [1.807, 2.05) is 12.2 Å². The fourth-order valence-electron chi connectivity index (χ4n) is 3.85. The number of aryl methyl sites for hydroxylation is 1. The first kappa shape index (κ1) is 23.1. The van der Waals surface area contributed by atoms with Crippen LogP contribution in [0.25, 0.3) is 10.9 Å². The largest absolute Gasteiger partial charge is 0.435 e. The molecular weight excluding hydrogens is 470 g/mol. The SMILES string of the molecule is Cc1cc2c(F)c(Oc3ncnc(Nc4cc(C5CC=CC=N5)[nH]n4)c3C(=O)N(C)C)cc(F)c2[nH]1. The summed E-state index contributed by atoms with van der Waals surface area (Å²) in [5.41, 5.74) is 1.32. The van der Waals surface area contributed by atoms with Crippen molar-refractivity contribution in [1.82, 2.24) is 30.0 Å². The zero-order valence-electron chi connectivity index (χ0n) is 19.6. The van der Waals surface area contributed by atoms with Crippen LogP contribution in [-0.4, -0.2) is 56.3 Å². The van der Waals surface area contributed by atoms with Crippen molar-refractivity contribution in [2.45, 2.75) is 19.4 Å². The molecule has 0 spiro atoms. The monoisotopic (exact) mass is 492 g/mol. The first-order valence-electron chi connectivity index (χ1n) is 11.0. The maximum Gasteiger partial charge on any atom is 0.262 e. The molecule has 0 saturated heterocycles. The molecule has 1 unspecified atom stereocenters. The first-order chi connectivity index (χ1) is 17.3. The molecule has 3 aromatic heterocycles. The van der Waals surface area contributed by atoms with E-state index < -0.39 is 23.3 Å². The predicted molar refractivity (Wildman–Crippen MR) is 130 cm³/mol. The van der Waals surface area contributed by atoms with Crippen LogP contribution >= 0.6 is 0 Å². The molecule has 36 heavy (non-hydrogen) atoms. The van der Waals surface area contributed by atoms with E-state index in [0.717, 1.165) is 24.5 Å². The number of H-pyrrole nitrogens is 2. The fraction of sp³-hybridized carbons (Fsp3) is 0.208. The van der Waals surface area contributed by atoms with E-state index in [0.29, 0.717) is 11.5 Å². The molecule has 4 heterocycles. The number of fused-ring (bicyclic) bond motifs is 1. The summed E-state index contributed by atoms with van der Waals surface area (Å²) in [5, 5.41) is 10.2. The van der Waals surface area contributed by atoms with Crippen LogP contribution in [0.5, 0.6) is 11.6 Å². The Morgan fingerprint density at radius 2 is 2.06 bits per heavy atom. The zero-order valence-corrected chi connectivity index (χ0v) is 19.6. The summed E-state index contributed by atoms with van der Waals surface area (Å²) in [4.78, 5) is 29.8. The number of aromatic nitrogens is 5. The van der Waals surface area contributed by atoms with Gasteiger partial charge in [-0.2, -0.15) is 5.10 Å². The Morgan fingerprint density at radius 3 is 2.81 bits per heavy atom. The van der Waals surface area contributed by atoms with Crippen LogP contribution in [0, 0.1) is 18.6 Å². The molecule has 1 atom stereocenters. The normalized spacial score (nSPS) is 14.9. The quantitative estimate of drug-likeness (QED) is 0.362. The average Bonchev–Trinajstić information content (AvgIpc) is 3.50.